The van der Waals surface area contributed by atoms with Crippen LogP contribution in [0.25, 0.3) is 0 Å². The molecule has 0 aliphatic carbocycles. The Morgan fingerprint density at radius 3 is 2.25 bits per heavy atom. The highest BCUT2D eigenvalue weighted by molar-refractivity contribution is 6.31. The molecular formula is C9H11ClO2. The number of carbonyl (C=O) groups excluding carboxylic acids is 1. The number of hydrogen-bond donors (Lipinski definition) is 0. The average Bonchev–Trinajstić information content (AvgIpc) is 1.98. The molecule has 12 heavy (non-hydrogen) atoms. The molecule has 0 N–H and O–H groups in total. The third kappa shape index (κ3) is 3.39. The standard InChI is InChI=1S/C9H11ClO2/c1-6(2)8(5-7(3)10)9(11)12-4/h5H,1,3H2,2,4H3/b8-5+. The van der Waals surface area contributed by atoms with Gasteiger partial charge in [0.15, 0.2) is 0 Å². The van der Waals surface area contributed by atoms with Gasteiger partial charge < -0.3 is 4.74 Å². The zero-order valence-electron chi connectivity index (χ0n) is 7.19. The van der Waals surface area contributed by atoms with Crippen molar-refractivity contribution in [1.29, 1.82) is 0 Å². The van der Waals surface area contributed by atoms with E-state index < -0.39 is 5.97 Å². The van der Waals surface area contributed by atoms with Crippen LogP contribution in [0.15, 0.2) is 35.4 Å². The summed E-state index contributed by atoms with van der Waals surface area (Å²) in [5.74, 6) is -0.454. The molecule has 0 aromatic heterocycles. The maximum Gasteiger partial charge on any atom is 0.338 e. The molecule has 0 saturated heterocycles. The van der Waals surface area contributed by atoms with Gasteiger partial charge >= 0.3 is 5.97 Å². The van der Waals surface area contributed by atoms with E-state index in [1.54, 1.807) is 6.92 Å². The lowest BCUT2D eigenvalue weighted by Crippen LogP contribution is -2.05. The minimum Gasteiger partial charge on any atom is -0.465 e. The van der Waals surface area contributed by atoms with E-state index >= 15 is 0 Å². The van der Waals surface area contributed by atoms with Crippen LogP contribution in [-0.2, 0) is 9.53 Å². The van der Waals surface area contributed by atoms with Crippen LogP contribution in [0.5, 0.6) is 0 Å². The number of hydrogen-bond acceptors (Lipinski definition) is 2. The molecular weight excluding hydrogens is 176 g/mol. The van der Waals surface area contributed by atoms with Crippen LogP contribution in [-0.4, -0.2) is 13.1 Å². The molecule has 0 rings (SSSR count). The molecule has 0 saturated carbocycles. The van der Waals surface area contributed by atoms with E-state index in [1.165, 1.54) is 13.2 Å². The van der Waals surface area contributed by atoms with Crippen LogP contribution in [0.1, 0.15) is 6.92 Å². The minimum absolute atomic E-state index is 0.276. The summed E-state index contributed by atoms with van der Waals surface area (Å²) in [4.78, 5) is 11.0. The van der Waals surface area contributed by atoms with E-state index in [4.69, 9.17) is 11.6 Å². The maximum atomic E-state index is 11.0. The number of allylic oxidation sites excluding steroid dienone is 2. The van der Waals surface area contributed by atoms with Crippen LogP contribution in [0.4, 0.5) is 0 Å². The second-order valence-corrected chi connectivity index (χ2v) is 2.76. The summed E-state index contributed by atoms with van der Waals surface area (Å²) in [6.07, 6.45) is 1.43. The molecule has 0 aliphatic heterocycles. The van der Waals surface area contributed by atoms with Crippen molar-refractivity contribution < 1.29 is 9.53 Å². The number of carbonyl (C=O) groups is 1. The van der Waals surface area contributed by atoms with Gasteiger partial charge in [-0.15, -0.1) is 0 Å². The third-order valence-corrected chi connectivity index (χ3v) is 1.28. The van der Waals surface area contributed by atoms with E-state index in [9.17, 15) is 4.79 Å². The van der Waals surface area contributed by atoms with E-state index in [2.05, 4.69) is 17.9 Å². The summed E-state index contributed by atoms with van der Waals surface area (Å²) >= 11 is 5.50. The van der Waals surface area contributed by atoms with Crippen LogP contribution in [0, 0.1) is 0 Å². The Morgan fingerprint density at radius 1 is 1.50 bits per heavy atom. The highest BCUT2D eigenvalue weighted by Crippen LogP contribution is 2.13. The predicted octanol–water partition coefficient (Wildman–Crippen LogP) is 2.41. The highest BCUT2D eigenvalue weighted by atomic mass is 35.5. The van der Waals surface area contributed by atoms with E-state index in [-0.39, 0.29) is 5.03 Å². The fourth-order valence-corrected chi connectivity index (χ4v) is 0.732. The molecule has 2 nitrogen and oxygen atoms in total. The summed E-state index contributed by atoms with van der Waals surface area (Å²) < 4.78 is 4.51. The normalized spacial score (nSPS) is 10.8. The first kappa shape index (κ1) is 11.0. The smallest absolute Gasteiger partial charge is 0.338 e. The van der Waals surface area contributed by atoms with Crippen molar-refractivity contribution in [2.24, 2.45) is 0 Å². The molecule has 0 aromatic rings. The summed E-state index contributed by atoms with van der Waals surface area (Å²) in [7, 11) is 1.30. The fourth-order valence-electron chi connectivity index (χ4n) is 0.623. The Morgan fingerprint density at radius 2 is 2.00 bits per heavy atom. The molecule has 0 fully saturated rings. The monoisotopic (exact) mass is 186 g/mol. The van der Waals surface area contributed by atoms with Crippen molar-refractivity contribution in [3.8, 4) is 0 Å². The van der Waals surface area contributed by atoms with Gasteiger partial charge in [-0.05, 0) is 18.6 Å². The Bertz CT molecular complexity index is 251. The van der Waals surface area contributed by atoms with Gasteiger partial charge in [0.05, 0.1) is 12.7 Å². The molecule has 0 heterocycles. The number of esters is 1. The average molecular weight is 187 g/mol. The SMILES string of the molecule is C=C(Cl)/C=C(\C(=C)C)C(=O)OC. The maximum absolute atomic E-state index is 11.0. The minimum atomic E-state index is -0.454. The highest BCUT2D eigenvalue weighted by Gasteiger charge is 2.09. The largest absolute Gasteiger partial charge is 0.465 e. The predicted molar refractivity (Wildman–Crippen MR) is 49.9 cm³/mol. The van der Waals surface area contributed by atoms with Gasteiger partial charge in [-0.3, -0.25) is 0 Å². The summed E-state index contributed by atoms with van der Waals surface area (Å²) in [5.41, 5.74) is 0.946. The quantitative estimate of drug-likeness (QED) is 0.385. The van der Waals surface area contributed by atoms with Gasteiger partial charge in [-0.2, -0.15) is 0 Å². The number of rotatable bonds is 3. The van der Waals surface area contributed by atoms with Gasteiger partial charge in [0.2, 0.25) is 0 Å². The third-order valence-electron chi connectivity index (χ3n) is 1.17. The number of halogens is 1. The lowest BCUT2D eigenvalue weighted by atomic mass is 10.1. The molecule has 0 aromatic carbocycles. The van der Waals surface area contributed by atoms with Gasteiger partial charge in [0, 0.05) is 5.03 Å². The first-order chi connectivity index (χ1) is 5.49. The lowest BCUT2D eigenvalue weighted by molar-refractivity contribution is -0.135. The molecule has 0 unspecified atom stereocenters. The zero-order valence-corrected chi connectivity index (χ0v) is 7.94. The Kier molecular flexibility index (Phi) is 4.37. The van der Waals surface area contributed by atoms with E-state index in [0.717, 1.165) is 0 Å². The van der Waals surface area contributed by atoms with Crippen molar-refractivity contribution in [1.82, 2.24) is 0 Å². The Labute approximate surface area is 77.2 Å². The van der Waals surface area contributed by atoms with Crippen molar-refractivity contribution >= 4 is 17.6 Å². The van der Waals surface area contributed by atoms with Crippen LogP contribution >= 0.6 is 11.6 Å². The van der Waals surface area contributed by atoms with Gasteiger partial charge in [-0.1, -0.05) is 24.8 Å². The summed E-state index contributed by atoms with van der Waals surface area (Å²) in [6.45, 7) is 8.74. The first-order valence-electron chi connectivity index (χ1n) is 3.29. The van der Waals surface area contributed by atoms with Crippen LogP contribution in [0.2, 0.25) is 0 Å². The van der Waals surface area contributed by atoms with Gasteiger partial charge in [0.25, 0.3) is 0 Å². The topological polar surface area (TPSA) is 26.3 Å². The van der Waals surface area contributed by atoms with Gasteiger partial charge in [-0.25, -0.2) is 4.79 Å². The summed E-state index contributed by atoms with van der Waals surface area (Å²) in [6, 6.07) is 0. The Hall–Kier alpha value is -1.02. The fraction of sp³-hybridized carbons (Fsp3) is 0.222. The van der Waals surface area contributed by atoms with E-state index in [1.807, 2.05) is 0 Å². The molecule has 0 atom stereocenters. The molecule has 0 radical (unpaired) electrons. The van der Waals surface area contributed by atoms with Crippen molar-refractivity contribution in [2.45, 2.75) is 6.92 Å². The molecule has 0 amide bonds. The molecule has 3 heteroatoms. The van der Waals surface area contributed by atoms with E-state index in [0.29, 0.717) is 11.1 Å². The first-order valence-corrected chi connectivity index (χ1v) is 3.67. The molecule has 66 valence electrons. The van der Waals surface area contributed by atoms with Crippen LogP contribution < -0.4 is 0 Å². The number of methoxy groups -OCH3 is 1. The number of ether oxygens (including phenoxy) is 1. The second kappa shape index (κ2) is 4.78. The van der Waals surface area contributed by atoms with Crippen LogP contribution in [0.3, 0.4) is 0 Å². The summed E-state index contributed by atoms with van der Waals surface area (Å²) in [5, 5.41) is 0.276. The Balaban J connectivity index is 4.79. The lowest BCUT2D eigenvalue weighted by Gasteiger charge is -2.02. The second-order valence-electron chi connectivity index (χ2n) is 2.28. The molecule has 0 spiro atoms. The zero-order chi connectivity index (χ0) is 9.72. The van der Waals surface area contributed by atoms with Gasteiger partial charge in [0.1, 0.15) is 0 Å². The van der Waals surface area contributed by atoms with Crippen molar-refractivity contribution in [2.75, 3.05) is 7.11 Å². The molecule has 0 aliphatic rings. The van der Waals surface area contributed by atoms with Crippen molar-refractivity contribution in [3.05, 3.63) is 35.4 Å². The molecule has 0 bridgehead atoms. The van der Waals surface area contributed by atoms with Crippen molar-refractivity contribution in [3.63, 3.8) is 0 Å².